The molecule has 6 nitrogen and oxygen atoms in total. The fourth-order valence-corrected chi connectivity index (χ4v) is 1.32. The highest BCUT2D eigenvalue weighted by atomic mass is 35.5. The number of amides is 2. The topological polar surface area (TPSA) is 97.4 Å². The number of carbonyl (C=O) groups is 2. The molecule has 1 rings (SSSR count). The van der Waals surface area contributed by atoms with E-state index in [1.165, 1.54) is 12.3 Å². The van der Waals surface area contributed by atoms with Crippen LogP contribution >= 0.6 is 12.4 Å². The second-order valence-electron chi connectivity index (χ2n) is 4.23. The molecular weight excluding hydrogens is 270 g/mol. The van der Waals surface area contributed by atoms with Crippen LogP contribution in [0.1, 0.15) is 30.8 Å². The molecule has 4 N–H and O–H groups in total. The van der Waals surface area contributed by atoms with E-state index in [9.17, 15) is 9.59 Å². The third-order valence-electron chi connectivity index (χ3n) is 2.38. The van der Waals surface area contributed by atoms with E-state index >= 15 is 0 Å². The molecule has 0 fully saturated rings. The molecule has 0 aliphatic carbocycles. The van der Waals surface area contributed by atoms with E-state index in [-0.39, 0.29) is 30.1 Å². The van der Waals surface area contributed by atoms with Gasteiger partial charge in [0.15, 0.2) is 5.76 Å². The average Bonchev–Trinajstić information content (AvgIpc) is 2.81. The van der Waals surface area contributed by atoms with Gasteiger partial charge in [-0.3, -0.25) is 9.59 Å². The van der Waals surface area contributed by atoms with Crippen LogP contribution in [-0.2, 0) is 4.79 Å². The van der Waals surface area contributed by atoms with Crippen molar-refractivity contribution in [2.24, 2.45) is 5.73 Å². The van der Waals surface area contributed by atoms with E-state index in [1.54, 1.807) is 13.0 Å². The lowest BCUT2D eigenvalue weighted by atomic mass is 10.2. The maximum atomic E-state index is 11.6. The van der Waals surface area contributed by atoms with E-state index < -0.39 is 11.9 Å². The predicted molar refractivity (Wildman–Crippen MR) is 74.2 cm³/mol. The first-order chi connectivity index (χ1) is 8.50. The fourth-order valence-electron chi connectivity index (χ4n) is 1.32. The minimum absolute atomic E-state index is 0. The van der Waals surface area contributed by atoms with Crippen LogP contribution in [0.15, 0.2) is 22.8 Å². The molecule has 0 aliphatic rings. The molecular formula is C12H20ClN3O3. The van der Waals surface area contributed by atoms with Gasteiger partial charge in [0.25, 0.3) is 5.91 Å². The van der Waals surface area contributed by atoms with Gasteiger partial charge in [-0.25, -0.2) is 0 Å². The van der Waals surface area contributed by atoms with Crippen molar-refractivity contribution in [1.29, 1.82) is 0 Å². The second-order valence-corrected chi connectivity index (χ2v) is 4.23. The van der Waals surface area contributed by atoms with E-state index in [2.05, 4.69) is 10.6 Å². The summed E-state index contributed by atoms with van der Waals surface area (Å²) in [6.07, 6.45) is 2.10. The van der Waals surface area contributed by atoms with Gasteiger partial charge in [-0.15, -0.1) is 12.4 Å². The van der Waals surface area contributed by atoms with Crippen molar-refractivity contribution >= 4 is 24.2 Å². The third-order valence-corrected chi connectivity index (χ3v) is 2.38. The summed E-state index contributed by atoms with van der Waals surface area (Å²) in [5.41, 5.74) is 5.57. The Morgan fingerprint density at radius 1 is 1.42 bits per heavy atom. The maximum Gasteiger partial charge on any atom is 0.287 e. The largest absolute Gasteiger partial charge is 0.459 e. The molecule has 108 valence electrons. The summed E-state index contributed by atoms with van der Waals surface area (Å²) in [4.78, 5) is 23.2. The number of carbonyl (C=O) groups excluding carboxylic acids is 2. The number of halogens is 1. The molecule has 1 heterocycles. The summed E-state index contributed by atoms with van der Waals surface area (Å²) in [5.74, 6) is -0.462. The van der Waals surface area contributed by atoms with Crippen molar-refractivity contribution < 1.29 is 14.0 Å². The Labute approximate surface area is 118 Å². The van der Waals surface area contributed by atoms with Gasteiger partial charge in [0, 0.05) is 12.6 Å². The molecule has 1 aromatic rings. The molecule has 0 spiro atoms. The van der Waals surface area contributed by atoms with E-state index in [0.29, 0.717) is 13.0 Å². The zero-order valence-electron chi connectivity index (χ0n) is 11.0. The van der Waals surface area contributed by atoms with Gasteiger partial charge in [-0.05, 0) is 32.4 Å². The minimum Gasteiger partial charge on any atom is -0.459 e. The van der Waals surface area contributed by atoms with Gasteiger partial charge in [0.2, 0.25) is 5.91 Å². The zero-order chi connectivity index (χ0) is 13.5. The van der Waals surface area contributed by atoms with Crippen molar-refractivity contribution in [2.45, 2.75) is 32.4 Å². The van der Waals surface area contributed by atoms with Crippen LogP contribution in [0.3, 0.4) is 0 Å². The first-order valence-corrected chi connectivity index (χ1v) is 5.88. The third kappa shape index (κ3) is 6.26. The molecule has 7 heteroatoms. The molecule has 19 heavy (non-hydrogen) atoms. The standard InChI is InChI=1S/C12H19N3O3.ClH/c1-8(13)5-6-14-11(16)9(2)15-12(17)10-4-3-7-18-10;/h3-4,7-9H,5-6,13H2,1-2H3,(H,14,16)(H,15,17);1H. The highest BCUT2D eigenvalue weighted by Crippen LogP contribution is 2.00. The van der Waals surface area contributed by atoms with Crippen molar-refractivity contribution in [3.63, 3.8) is 0 Å². The minimum atomic E-state index is -0.615. The van der Waals surface area contributed by atoms with Crippen molar-refractivity contribution in [3.05, 3.63) is 24.2 Å². The Balaban J connectivity index is 0.00000324. The van der Waals surface area contributed by atoms with Gasteiger partial charge in [-0.2, -0.15) is 0 Å². The quantitative estimate of drug-likeness (QED) is 0.717. The summed E-state index contributed by atoms with van der Waals surface area (Å²) in [6, 6.07) is 2.58. The van der Waals surface area contributed by atoms with Crippen LogP contribution in [0, 0.1) is 0 Å². The monoisotopic (exact) mass is 289 g/mol. The van der Waals surface area contributed by atoms with Crippen LogP contribution in [0.5, 0.6) is 0 Å². The molecule has 0 radical (unpaired) electrons. The van der Waals surface area contributed by atoms with Crippen LogP contribution in [0.25, 0.3) is 0 Å². The van der Waals surface area contributed by atoms with Crippen LogP contribution in [-0.4, -0.2) is 30.4 Å². The fraction of sp³-hybridized carbons (Fsp3) is 0.500. The Morgan fingerprint density at radius 2 is 2.11 bits per heavy atom. The number of nitrogens with two attached hydrogens (primary N) is 1. The predicted octanol–water partition coefficient (Wildman–Crippen LogP) is 0.673. The highest BCUT2D eigenvalue weighted by molar-refractivity contribution is 5.95. The van der Waals surface area contributed by atoms with Crippen LogP contribution < -0.4 is 16.4 Å². The number of hydrogen-bond donors (Lipinski definition) is 3. The lowest BCUT2D eigenvalue weighted by molar-refractivity contribution is -0.122. The molecule has 0 saturated carbocycles. The van der Waals surface area contributed by atoms with Crippen molar-refractivity contribution in [2.75, 3.05) is 6.54 Å². The van der Waals surface area contributed by atoms with Gasteiger partial charge in [-0.1, -0.05) is 0 Å². The lowest BCUT2D eigenvalue weighted by Crippen LogP contribution is -2.45. The highest BCUT2D eigenvalue weighted by Gasteiger charge is 2.17. The summed E-state index contributed by atoms with van der Waals surface area (Å²) >= 11 is 0. The van der Waals surface area contributed by atoms with Gasteiger partial charge in [0.05, 0.1) is 6.26 Å². The van der Waals surface area contributed by atoms with Gasteiger partial charge in [0.1, 0.15) is 6.04 Å². The zero-order valence-corrected chi connectivity index (χ0v) is 11.8. The molecule has 2 amide bonds. The summed E-state index contributed by atoms with van der Waals surface area (Å²) in [5, 5.41) is 5.24. The SMILES string of the molecule is CC(N)CCNC(=O)C(C)NC(=O)c1ccco1.Cl. The Kier molecular flexibility index (Phi) is 7.86. The maximum absolute atomic E-state index is 11.6. The smallest absolute Gasteiger partial charge is 0.287 e. The lowest BCUT2D eigenvalue weighted by Gasteiger charge is -2.13. The summed E-state index contributed by atoms with van der Waals surface area (Å²) < 4.78 is 4.93. The molecule has 0 aromatic carbocycles. The molecule has 0 bridgehead atoms. The molecule has 2 atom stereocenters. The van der Waals surface area contributed by atoms with E-state index in [4.69, 9.17) is 10.2 Å². The molecule has 1 aromatic heterocycles. The van der Waals surface area contributed by atoms with Crippen molar-refractivity contribution in [1.82, 2.24) is 10.6 Å². The normalized spacial score (nSPS) is 13.0. The van der Waals surface area contributed by atoms with Crippen LogP contribution in [0.2, 0.25) is 0 Å². The van der Waals surface area contributed by atoms with Crippen molar-refractivity contribution in [3.8, 4) is 0 Å². The number of hydrogen-bond acceptors (Lipinski definition) is 4. The second kappa shape index (κ2) is 8.55. The first-order valence-electron chi connectivity index (χ1n) is 5.88. The number of nitrogens with one attached hydrogen (secondary N) is 2. The van der Waals surface area contributed by atoms with Gasteiger partial charge >= 0.3 is 0 Å². The molecule has 0 aliphatic heterocycles. The number of rotatable bonds is 6. The average molecular weight is 290 g/mol. The van der Waals surface area contributed by atoms with Gasteiger partial charge < -0.3 is 20.8 Å². The Morgan fingerprint density at radius 3 is 2.63 bits per heavy atom. The van der Waals surface area contributed by atoms with Crippen LogP contribution in [0.4, 0.5) is 0 Å². The molecule has 2 unspecified atom stereocenters. The van der Waals surface area contributed by atoms with E-state index in [1.807, 2.05) is 6.92 Å². The molecule has 0 saturated heterocycles. The number of furan rings is 1. The van der Waals surface area contributed by atoms with E-state index in [0.717, 1.165) is 0 Å². The summed E-state index contributed by atoms with van der Waals surface area (Å²) in [7, 11) is 0. The Bertz CT molecular complexity index is 393. The Hall–Kier alpha value is -1.53. The summed E-state index contributed by atoms with van der Waals surface area (Å²) in [6.45, 7) is 3.98. The first kappa shape index (κ1) is 17.5.